The highest BCUT2D eigenvalue weighted by Crippen LogP contribution is 2.37. The van der Waals surface area contributed by atoms with Gasteiger partial charge in [-0.15, -0.1) is 0 Å². The topological polar surface area (TPSA) is 110 Å². The van der Waals surface area contributed by atoms with Crippen LogP contribution in [-0.2, 0) is 36.7 Å². The summed E-state index contributed by atoms with van der Waals surface area (Å²) in [6.07, 6.45) is 5.89. The molecule has 0 atom stereocenters. The first-order chi connectivity index (χ1) is 19.3. The van der Waals surface area contributed by atoms with Gasteiger partial charge < -0.3 is 9.30 Å². The van der Waals surface area contributed by atoms with Gasteiger partial charge in [0.2, 0.25) is 20.0 Å². The third-order valence-corrected chi connectivity index (χ3v) is 11.5. The number of aromatic nitrogens is 1. The molecule has 0 bridgehead atoms. The summed E-state index contributed by atoms with van der Waals surface area (Å²) in [7, 11) is -7.43. The molecule has 1 aromatic heterocycles. The molecule has 1 aromatic carbocycles. The van der Waals surface area contributed by atoms with E-state index < -0.39 is 25.5 Å². The molecular formula is C30H48N4O5S2. The first-order valence-corrected chi connectivity index (χ1v) is 17.9. The van der Waals surface area contributed by atoms with Crippen LogP contribution in [0.4, 0.5) is 0 Å². The smallest absolute Gasteiger partial charge is 0.242 e. The van der Waals surface area contributed by atoms with Crippen LogP contribution >= 0.6 is 0 Å². The molecule has 0 unspecified atom stereocenters. The van der Waals surface area contributed by atoms with E-state index in [1.165, 1.54) is 19.3 Å². The Morgan fingerprint density at radius 1 is 0.927 bits per heavy atom. The molecule has 4 rings (SSSR count). The normalized spacial score (nSPS) is 18.2. The summed E-state index contributed by atoms with van der Waals surface area (Å²) in [6, 6.07) is 7.18. The summed E-state index contributed by atoms with van der Waals surface area (Å²) in [5, 5.41) is 0. The van der Waals surface area contributed by atoms with Crippen molar-refractivity contribution in [2.24, 2.45) is 5.92 Å². The predicted molar refractivity (Wildman–Crippen MR) is 163 cm³/mol. The molecule has 0 amide bonds. The van der Waals surface area contributed by atoms with E-state index in [1.807, 2.05) is 39.8 Å². The third kappa shape index (κ3) is 7.80. The van der Waals surface area contributed by atoms with Crippen molar-refractivity contribution in [1.82, 2.24) is 18.9 Å². The Kier molecular flexibility index (Phi) is 10.4. The molecule has 1 aliphatic carbocycles. The van der Waals surface area contributed by atoms with Crippen molar-refractivity contribution in [1.29, 1.82) is 0 Å². The van der Waals surface area contributed by atoms with Crippen molar-refractivity contribution < 1.29 is 21.6 Å². The van der Waals surface area contributed by atoms with Crippen LogP contribution in [0, 0.1) is 12.8 Å². The van der Waals surface area contributed by atoms with Crippen molar-refractivity contribution in [3.8, 4) is 11.3 Å². The zero-order valence-corrected chi connectivity index (χ0v) is 27.0. The maximum atomic E-state index is 13.6. The lowest BCUT2D eigenvalue weighted by molar-refractivity contribution is 0.0390. The first-order valence-electron chi connectivity index (χ1n) is 15.0. The molecule has 2 fully saturated rings. The zero-order chi connectivity index (χ0) is 29.8. The molecule has 2 N–H and O–H groups in total. The van der Waals surface area contributed by atoms with E-state index in [0.717, 1.165) is 43.7 Å². The number of nitrogens with one attached hydrogen (secondary N) is 2. The minimum absolute atomic E-state index is 0.260. The number of hydrogen-bond acceptors (Lipinski definition) is 6. The Balaban J connectivity index is 1.74. The molecule has 230 valence electrons. The van der Waals surface area contributed by atoms with Crippen LogP contribution in [0.2, 0.25) is 0 Å². The van der Waals surface area contributed by atoms with Crippen LogP contribution in [-0.4, -0.2) is 72.2 Å². The van der Waals surface area contributed by atoms with Crippen LogP contribution in [0.25, 0.3) is 11.3 Å². The third-order valence-electron chi connectivity index (χ3n) is 8.31. The molecule has 2 heterocycles. The Morgan fingerprint density at radius 2 is 1.59 bits per heavy atom. The molecular weight excluding hydrogens is 560 g/mol. The fourth-order valence-corrected chi connectivity index (χ4v) is 8.73. The number of morpholine rings is 1. The van der Waals surface area contributed by atoms with Gasteiger partial charge in [-0.1, -0.05) is 53.0 Å². The van der Waals surface area contributed by atoms with Crippen LogP contribution in [0.15, 0.2) is 34.1 Å². The molecule has 2 aliphatic rings. The van der Waals surface area contributed by atoms with E-state index in [9.17, 15) is 16.8 Å². The number of benzene rings is 1. The van der Waals surface area contributed by atoms with E-state index in [1.54, 1.807) is 19.1 Å². The highest BCUT2D eigenvalue weighted by molar-refractivity contribution is 7.89. The Labute approximate surface area is 247 Å². The van der Waals surface area contributed by atoms with Crippen LogP contribution < -0.4 is 9.44 Å². The number of hydrogen-bond donors (Lipinski definition) is 2. The second-order valence-electron chi connectivity index (χ2n) is 12.4. The van der Waals surface area contributed by atoms with Gasteiger partial charge in [0.25, 0.3) is 0 Å². The van der Waals surface area contributed by atoms with Gasteiger partial charge in [-0.2, -0.15) is 0 Å². The molecule has 1 aliphatic heterocycles. The van der Waals surface area contributed by atoms with Crippen molar-refractivity contribution in [2.75, 3.05) is 45.9 Å². The van der Waals surface area contributed by atoms with Gasteiger partial charge in [0.15, 0.2) is 0 Å². The van der Waals surface area contributed by atoms with E-state index >= 15 is 0 Å². The minimum Gasteiger partial charge on any atom is -0.379 e. The number of sulfonamides is 2. The predicted octanol–water partition coefficient (Wildman–Crippen LogP) is 4.25. The van der Waals surface area contributed by atoms with Crippen molar-refractivity contribution in [3.63, 3.8) is 0 Å². The fourth-order valence-electron chi connectivity index (χ4n) is 6.01. The molecule has 1 saturated carbocycles. The van der Waals surface area contributed by atoms with Gasteiger partial charge in [0, 0.05) is 50.7 Å². The van der Waals surface area contributed by atoms with Gasteiger partial charge in [-0.3, -0.25) is 4.90 Å². The van der Waals surface area contributed by atoms with E-state index in [2.05, 4.69) is 18.9 Å². The molecule has 9 nitrogen and oxygen atoms in total. The van der Waals surface area contributed by atoms with Gasteiger partial charge >= 0.3 is 0 Å². The summed E-state index contributed by atoms with van der Waals surface area (Å²) in [4.78, 5) is 2.75. The quantitative estimate of drug-likeness (QED) is 0.395. The summed E-state index contributed by atoms with van der Waals surface area (Å²) in [5.41, 5.74) is 2.59. The Bertz CT molecular complexity index is 1400. The Morgan fingerprint density at radius 3 is 2.22 bits per heavy atom. The van der Waals surface area contributed by atoms with E-state index in [0.29, 0.717) is 50.0 Å². The number of rotatable bonds is 11. The number of ether oxygens (including phenoxy) is 1. The lowest BCUT2D eigenvalue weighted by atomic mass is 9.85. The van der Waals surface area contributed by atoms with E-state index in [-0.39, 0.29) is 9.79 Å². The average Bonchev–Trinajstić information content (AvgIpc) is 3.25. The maximum Gasteiger partial charge on any atom is 0.242 e. The lowest BCUT2D eigenvalue weighted by Gasteiger charge is -2.26. The second kappa shape index (κ2) is 13.3. The largest absolute Gasteiger partial charge is 0.379 e. The summed E-state index contributed by atoms with van der Waals surface area (Å²) < 4.78 is 66.4. The first kappa shape index (κ1) is 32.2. The monoisotopic (exact) mass is 608 g/mol. The molecule has 1 saturated heterocycles. The highest BCUT2D eigenvalue weighted by Gasteiger charge is 2.29. The summed E-state index contributed by atoms with van der Waals surface area (Å²) >= 11 is 0. The standard InChI is InChI=1S/C30H48N4O5S2/c1-6-31-40(35,36)28-13-12-25(20-26(28)30(3,4)5)27-21-29(23(2)34(27)22-24-10-8-7-9-11-24)41(37,38)32-14-15-33-16-18-39-19-17-33/h12-13,20-21,24,31-32H,6-11,14-19,22H2,1-5H3. The minimum atomic E-state index is -3.75. The fraction of sp³-hybridized carbons (Fsp3) is 0.667. The molecule has 0 radical (unpaired) electrons. The maximum absolute atomic E-state index is 13.6. The highest BCUT2D eigenvalue weighted by atomic mass is 32.2. The summed E-state index contributed by atoms with van der Waals surface area (Å²) in [6.45, 7) is 14.6. The molecule has 41 heavy (non-hydrogen) atoms. The van der Waals surface area contributed by atoms with Crippen LogP contribution in [0.5, 0.6) is 0 Å². The second-order valence-corrected chi connectivity index (χ2v) is 15.9. The average molecular weight is 609 g/mol. The molecule has 2 aromatic rings. The van der Waals surface area contributed by atoms with Gasteiger partial charge in [0.1, 0.15) is 4.90 Å². The van der Waals surface area contributed by atoms with Gasteiger partial charge in [-0.25, -0.2) is 26.3 Å². The lowest BCUT2D eigenvalue weighted by Crippen LogP contribution is -2.41. The Hall–Kier alpha value is -1.76. The van der Waals surface area contributed by atoms with Crippen LogP contribution in [0.3, 0.4) is 0 Å². The zero-order valence-electron chi connectivity index (χ0n) is 25.3. The number of nitrogens with zero attached hydrogens (tertiary/aromatic N) is 2. The van der Waals surface area contributed by atoms with Crippen molar-refractivity contribution in [2.45, 2.75) is 88.5 Å². The molecule has 0 spiro atoms. The van der Waals surface area contributed by atoms with Crippen molar-refractivity contribution >= 4 is 20.0 Å². The van der Waals surface area contributed by atoms with E-state index in [4.69, 9.17) is 4.74 Å². The SMILES string of the molecule is CCNS(=O)(=O)c1ccc(-c2cc(S(=O)(=O)NCCN3CCOCC3)c(C)n2CC2CCCCC2)cc1C(C)(C)C. The van der Waals surface area contributed by atoms with Gasteiger partial charge in [0.05, 0.1) is 18.1 Å². The molecule has 11 heteroatoms. The summed E-state index contributed by atoms with van der Waals surface area (Å²) in [5.74, 6) is 0.480. The van der Waals surface area contributed by atoms with Gasteiger partial charge in [-0.05, 0) is 60.4 Å². The van der Waals surface area contributed by atoms with Crippen molar-refractivity contribution in [3.05, 3.63) is 35.5 Å². The van der Waals surface area contributed by atoms with Crippen LogP contribution in [0.1, 0.15) is 71.1 Å².